The third-order valence-corrected chi connectivity index (χ3v) is 0.714. The van der Waals surface area contributed by atoms with Gasteiger partial charge in [0.2, 0.25) is 0 Å². The Morgan fingerprint density at radius 2 is 2.50 bits per heavy atom. The average Bonchev–Trinajstić information content (AvgIpc) is 1.67. The van der Waals surface area contributed by atoms with E-state index in [1.165, 1.54) is 6.92 Å². The molecule has 0 fully saturated rings. The summed E-state index contributed by atoms with van der Waals surface area (Å²) in [5, 5.41) is 16.6. The molecule has 8 heavy (non-hydrogen) atoms. The molecular weight excluding hydrogens is 104 g/mol. The Balaban J connectivity index is 3.85. The van der Waals surface area contributed by atoms with Crippen LogP contribution in [-0.2, 0) is 0 Å². The van der Waals surface area contributed by atoms with Gasteiger partial charge in [0.25, 0.3) is 0 Å². The zero-order valence-electron chi connectivity index (χ0n) is 4.63. The minimum Gasteiger partial charge on any atom is -0.399 e. The monoisotopic (exact) mass is 112 g/mol. The highest BCUT2D eigenvalue weighted by molar-refractivity contribution is 5.12. The van der Waals surface area contributed by atoms with E-state index in [0.717, 1.165) is 6.08 Å². The van der Waals surface area contributed by atoms with Gasteiger partial charge in [-0.1, -0.05) is 0 Å². The normalized spacial score (nSPS) is 14.9. The number of nitrogens with two attached hydrogens (primary N) is 1. The fourth-order valence-electron chi connectivity index (χ4n) is 0.195. The molecule has 0 saturated carbocycles. The van der Waals surface area contributed by atoms with Crippen molar-refractivity contribution in [2.24, 2.45) is 5.73 Å². The second kappa shape index (κ2) is 3.05. The van der Waals surface area contributed by atoms with E-state index in [-0.39, 0.29) is 5.70 Å². The molecule has 3 heteroatoms. The first-order chi connectivity index (χ1) is 3.68. The van der Waals surface area contributed by atoms with Gasteiger partial charge in [0.1, 0.15) is 0 Å². The first-order valence-electron chi connectivity index (χ1n) is 2.21. The van der Waals surface area contributed by atoms with Crippen molar-refractivity contribution in [2.75, 3.05) is 0 Å². The standard InChI is InChI=1S/C5H8N2O/c1-4(8)5(7)2-3-6/h2,4,8H,7H2,1H3. The highest BCUT2D eigenvalue weighted by atomic mass is 16.3. The summed E-state index contributed by atoms with van der Waals surface area (Å²) in [5.41, 5.74) is 5.32. The zero-order chi connectivity index (χ0) is 6.57. The van der Waals surface area contributed by atoms with Crippen LogP contribution in [0.5, 0.6) is 0 Å². The summed E-state index contributed by atoms with van der Waals surface area (Å²) in [6.45, 7) is 1.50. The number of aliphatic hydroxyl groups excluding tert-OH is 1. The van der Waals surface area contributed by atoms with Crippen LogP contribution in [0.1, 0.15) is 6.92 Å². The molecule has 3 N–H and O–H groups in total. The lowest BCUT2D eigenvalue weighted by atomic mass is 10.3. The maximum atomic E-state index is 8.61. The first kappa shape index (κ1) is 6.99. The van der Waals surface area contributed by atoms with E-state index < -0.39 is 6.10 Å². The summed E-state index contributed by atoms with van der Waals surface area (Å²) in [7, 11) is 0. The van der Waals surface area contributed by atoms with Crippen LogP contribution in [0.15, 0.2) is 11.8 Å². The molecule has 44 valence electrons. The Hall–Kier alpha value is -1.01. The predicted molar refractivity (Wildman–Crippen MR) is 29.6 cm³/mol. The van der Waals surface area contributed by atoms with Crippen LogP contribution in [0, 0.1) is 11.3 Å². The molecule has 0 radical (unpaired) electrons. The third-order valence-electron chi connectivity index (χ3n) is 0.714. The minimum atomic E-state index is -0.713. The van der Waals surface area contributed by atoms with E-state index in [2.05, 4.69) is 0 Å². The van der Waals surface area contributed by atoms with Crippen LogP contribution in [-0.4, -0.2) is 11.2 Å². The second-order valence-electron chi connectivity index (χ2n) is 1.45. The molecular formula is C5H8N2O. The van der Waals surface area contributed by atoms with E-state index in [9.17, 15) is 0 Å². The van der Waals surface area contributed by atoms with E-state index in [1.54, 1.807) is 6.07 Å². The lowest BCUT2D eigenvalue weighted by Gasteiger charge is -1.98. The van der Waals surface area contributed by atoms with Gasteiger partial charge < -0.3 is 10.8 Å². The van der Waals surface area contributed by atoms with Gasteiger partial charge in [-0.15, -0.1) is 0 Å². The molecule has 0 spiro atoms. The summed E-state index contributed by atoms with van der Waals surface area (Å²) in [6.07, 6.45) is 0.402. The van der Waals surface area contributed by atoms with Crippen molar-refractivity contribution in [3.63, 3.8) is 0 Å². The van der Waals surface area contributed by atoms with E-state index in [4.69, 9.17) is 16.1 Å². The summed E-state index contributed by atoms with van der Waals surface area (Å²) in [4.78, 5) is 0. The fourth-order valence-corrected chi connectivity index (χ4v) is 0.195. The molecule has 1 atom stereocenters. The summed E-state index contributed by atoms with van der Waals surface area (Å²) in [6, 6.07) is 1.70. The molecule has 1 unspecified atom stereocenters. The Morgan fingerprint density at radius 1 is 2.00 bits per heavy atom. The number of allylic oxidation sites excluding steroid dienone is 1. The molecule has 0 bridgehead atoms. The quantitative estimate of drug-likeness (QED) is 0.459. The molecule has 0 aliphatic heterocycles. The minimum absolute atomic E-state index is 0.201. The van der Waals surface area contributed by atoms with Crippen molar-refractivity contribution in [1.82, 2.24) is 0 Å². The largest absolute Gasteiger partial charge is 0.399 e. The van der Waals surface area contributed by atoms with Crippen LogP contribution in [0.3, 0.4) is 0 Å². The highest BCUT2D eigenvalue weighted by Crippen LogP contribution is 1.89. The van der Waals surface area contributed by atoms with Gasteiger partial charge in [-0.25, -0.2) is 0 Å². The number of hydrogen-bond acceptors (Lipinski definition) is 3. The van der Waals surface area contributed by atoms with Gasteiger partial charge in [0, 0.05) is 11.8 Å². The van der Waals surface area contributed by atoms with Crippen LogP contribution in [0.25, 0.3) is 0 Å². The summed E-state index contributed by atoms with van der Waals surface area (Å²) < 4.78 is 0. The predicted octanol–water partition coefficient (Wildman–Crippen LogP) is -0.267. The van der Waals surface area contributed by atoms with Crippen molar-refractivity contribution in [3.05, 3.63) is 11.8 Å². The number of nitrogens with zero attached hydrogens (tertiary/aromatic N) is 1. The lowest BCUT2D eigenvalue weighted by Crippen LogP contribution is -2.12. The maximum Gasteiger partial charge on any atom is 0.0931 e. The summed E-state index contributed by atoms with van der Waals surface area (Å²) >= 11 is 0. The number of nitriles is 1. The molecule has 0 rings (SSSR count). The molecule has 0 amide bonds. The molecule has 0 aromatic carbocycles. The third kappa shape index (κ3) is 2.21. The molecule has 3 nitrogen and oxygen atoms in total. The van der Waals surface area contributed by atoms with Crippen molar-refractivity contribution in [3.8, 4) is 6.07 Å². The molecule has 0 aliphatic carbocycles. The smallest absolute Gasteiger partial charge is 0.0931 e. The molecule has 0 aliphatic rings. The highest BCUT2D eigenvalue weighted by Gasteiger charge is 1.95. The molecule has 0 heterocycles. The van der Waals surface area contributed by atoms with Crippen molar-refractivity contribution >= 4 is 0 Å². The number of rotatable bonds is 1. The van der Waals surface area contributed by atoms with Crippen molar-refractivity contribution in [2.45, 2.75) is 13.0 Å². The number of hydrogen-bond donors (Lipinski definition) is 2. The molecule has 0 aromatic heterocycles. The van der Waals surface area contributed by atoms with Gasteiger partial charge in [0.05, 0.1) is 12.2 Å². The van der Waals surface area contributed by atoms with Crippen LogP contribution < -0.4 is 5.73 Å². The maximum absolute atomic E-state index is 8.61. The first-order valence-corrected chi connectivity index (χ1v) is 2.21. The van der Waals surface area contributed by atoms with E-state index >= 15 is 0 Å². The van der Waals surface area contributed by atoms with Gasteiger partial charge >= 0.3 is 0 Å². The lowest BCUT2D eigenvalue weighted by molar-refractivity contribution is 0.230. The van der Waals surface area contributed by atoms with Gasteiger partial charge in [-0.3, -0.25) is 0 Å². The second-order valence-corrected chi connectivity index (χ2v) is 1.45. The van der Waals surface area contributed by atoms with Gasteiger partial charge in [-0.2, -0.15) is 5.26 Å². The topological polar surface area (TPSA) is 70.0 Å². The van der Waals surface area contributed by atoms with Crippen LogP contribution in [0.2, 0.25) is 0 Å². The Bertz CT molecular complexity index is 132. The van der Waals surface area contributed by atoms with Gasteiger partial charge in [-0.05, 0) is 6.92 Å². The van der Waals surface area contributed by atoms with E-state index in [1.807, 2.05) is 0 Å². The van der Waals surface area contributed by atoms with E-state index in [0.29, 0.717) is 0 Å². The Labute approximate surface area is 48.0 Å². The fraction of sp³-hybridized carbons (Fsp3) is 0.400. The SMILES string of the molecule is CC(O)C(N)=CC#N. The molecule has 0 saturated heterocycles. The van der Waals surface area contributed by atoms with Crippen molar-refractivity contribution in [1.29, 1.82) is 5.26 Å². The van der Waals surface area contributed by atoms with Crippen LogP contribution >= 0.6 is 0 Å². The molecule has 0 aromatic rings. The summed E-state index contributed by atoms with van der Waals surface area (Å²) in [5.74, 6) is 0. The zero-order valence-corrected chi connectivity index (χ0v) is 4.63. The van der Waals surface area contributed by atoms with Crippen LogP contribution in [0.4, 0.5) is 0 Å². The average molecular weight is 112 g/mol. The Kier molecular flexibility index (Phi) is 2.67. The van der Waals surface area contributed by atoms with Crippen molar-refractivity contribution < 1.29 is 5.11 Å². The number of aliphatic hydroxyl groups is 1. The van der Waals surface area contributed by atoms with Gasteiger partial charge in [0.15, 0.2) is 0 Å². The Morgan fingerprint density at radius 3 is 2.62 bits per heavy atom.